The lowest BCUT2D eigenvalue weighted by atomic mass is 10.1. The van der Waals surface area contributed by atoms with Crippen LogP contribution in [0.3, 0.4) is 0 Å². The molecule has 2 atom stereocenters. The summed E-state index contributed by atoms with van der Waals surface area (Å²) >= 11 is 1.38. The molecule has 18 heavy (non-hydrogen) atoms. The monoisotopic (exact) mass is 270 g/mol. The van der Waals surface area contributed by atoms with E-state index >= 15 is 0 Å². The maximum absolute atomic E-state index is 11.7. The number of aromatic nitrogens is 1. The van der Waals surface area contributed by atoms with E-state index in [2.05, 4.69) is 4.98 Å². The standard InChI is InChI=1S/C12H18N2O3S/c1-8(13)11-14-10(7-18-11)12(15)17-6-9-4-2-3-5-16-9/h7-9H,2-6,13H2,1H3. The third kappa shape index (κ3) is 3.51. The van der Waals surface area contributed by atoms with Crippen LogP contribution >= 0.6 is 11.3 Å². The van der Waals surface area contributed by atoms with Gasteiger partial charge in [-0.25, -0.2) is 9.78 Å². The number of nitrogens with two attached hydrogens (primary N) is 1. The molecule has 1 fully saturated rings. The van der Waals surface area contributed by atoms with Gasteiger partial charge in [0, 0.05) is 12.0 Å². The van der Waals surface area contributed by atoms with Crippen molar-refractivity contribution in [3.8, 4) is 0 Å². The van der Waals surface area contributed by atoms with Gasteiger partial charge in [-0.15, -0.1) is 11.3 Å². The summed E-state index contributed by atoms with van der Waals surface area (Å²) in [7, 11) is 0. The van der Waals surface area contributed by atoms with Crippen LogP contribution in [0.5, 0.6) is 0 Å². The molecular weight excluding hydrogens is 252 g/mol. The number of carbonyl (C=O) groups is 1. The Labute approximate surface area is 110 Å². The zero-order chi connectivity index (χ0) is 13.0. The van der Waals surface area contributed by atoms with Gasteiger partial charge >= 0.3 is 5.97 Å². The fraction of sp³-hybridized carbons (Fsp3) is 0.667. The maximum Gasteiger partial charge on any atom is 0.357 e. The van der Waals surface area contributed by atoms with Gasteiger partial charge in [-0.05, 0) is 26.2 Å². The van der Waals surface area contributed by atoms with Crippen LogP contribution in [0.2, 0.25) is 0 Å². The van der Waals surface area contributed by atoms with E-state index in [0.29, 0.717) is 12.3 Å². The van der Waals surface area contributed by atoms with E-state index in [4.69, 9.17) is 15.2 Å². The molecule has 0 radical (unpaired) electrons. The summed E-state index contributed by atoms with van der Waals surface area (Å²) in [6.07, 6.45) is 3.21. The van der Waals surface area contributed by atoms with Gasteiger partial charge in [0.1, 0.15) is 11.6 Å². The van der Waals surface area contributed by atoms with Crippen molar-refractivity contribution < 1.29 is 14.3 Å². The van der Waals surface area contributed by atoms with Crippen LogP contribution in [-0.2, 0) is 9.47 Å². The number of nitrogens with zero attached hydrogens (tertiary/aromatic N) is 1. The minimum Gasteiger partial charge on any atom is -0.458 e. The second-order valence-corrected chi connectivity index (χ2v) is 5.34. The molecule has 0 spiro atoms. The van der Waals surface area contributed by atoms with E-state index in [1.165, 1.54) is 11.3 Å². The topological polar surface area (TPSA) is 74.4 Å². The molecule has 6 heteroatoms. The first-order chi connectivity index (χ1) is 8.66. The summed E-state index contributed by atoms with van der Waals surface area (Å²) < 4.78 is 10.7. The number of hydrogen-bond acceptors (Lipinski definition) is 6. The maximum atomic E-state index is 11.7. The molecule has 1 aromatic rings. The predicted molar refractivity (Wildman–Crippen MR) is 68.6 cm³/mol. The molecule has 1 aliphatic rings. The first-order valence-corrected chi connectivity index (χ1v) is 7.04. The molecule has 1 aliphatic heterocycles. The van der Waals surface area contributed by atoms with E-state index in [1.54, 1.807) is 5.38 Å². The van der Waals surface area contributed by atoms with Crippen molar-refractivity contribution in [1.29, 1.82) is 0 Å². The first-order valence-electron chi connectivity index (χ1n) is 6.16. The first kappa shape index (κ1) is 13.5. The van der Waals surface area contributed by atoms with Crippen molar-refractivity contribution in [3.05, 3.63) is 16.1 Å². The highest BCUT2D eigenvalue weighted by Gasteiger charge is 2.18. The van der Waals surface area contributed by atoms with Crippen LogP contribution < -0.4 is 5.73 Å². The highest BCUT2D eigenvalue weighted by atomic mass is 32.1. The van der Waals surface area contributed by atoms with Gasteiger partial charge in [0.2, 0.25) is 0 Å². The Hall–Kier alpha value is -0.980. The van der Waals surface area contributed by atoms with Crippen molar-refractivity contribution >= 4 is 17.3 Å². The van der Waals surface area contributed by atoms with Crippen molar-refractivity contribution in [2.75, 3.05) is 13.2 Å². The average Bonchev–Trinajstić information content (AvgIpc) is 2.87. The molecule has 0 saturated carbocycles. The Morgan fingerprint density at radius 2 is 2.56 bits per heavy atom. The molecule has 2 unspecified atom stereocenters. The van der Waals surface area contributed by atoms with Gasteiger partial charge in [0.25, 0.3) is 0 Å². The summed E-state index contributed by atoms with van der Waals surface area (Å²) in [5.74, 6) is -0.396. The van der Waals surface area contributed by atoms with Gasteiger partial charge in [-0.1, -0.05) is 0 Å². The number of thiazole rings is 1. The molecule has 2 heterocycles. The van der Waals surface area contributed by atoms with Crippen molar-refractivity contribution in [3.63, 3.8) is 0 Å². The van der Waals surface area contributed by atoms with E-state index in [1.807, 2.05) is 6.92 Å². The number of esters is 1. The third-order valence-electron chi connectivity index (χ3n) is 2.79. The van der Waals surface area contributed by atoms with Crippen LogP contribution in [0.15, 0.2) is 5.38 Å². The SMILES string of the molecule is CC(N)c1nc(C(=O)OCC2CCCCO2)cs1. The van der Waals surface area contributed by atoms with Gasteiger partial charge in [0.15, 0.2) is 5.69 Å². The van der Waals surface area contributed by atoms with Crippen molar-refractivity contribution in [2.45, 2.75) is 38.3 Å². The number of rotatable bonds is 4. The van der Waals surface area contributed by atoms with E-state index in [-0.39, 0.29) is 12.1 Å². The fourth-order valence-corrected chi connectivity index (χ4v) is 2.52. The fourth-order valence-electron chi connectivity index (χ4n) is 1.77. The molecule has 0 aromatic carbocycles. The van der Waals surface area contributed by atoms with E-state index in [9.17, 15) is 4.79 Å². The van der Waals surface area contributed by atoms with Crippen LogP contribution in [0.4, 0.5) is 0 Å². The van der Waals surface area contributed by atoms with Crippen LogP contribution in [0.1, 0.15) is 47.7 Å². The molecule has 2 N–H and O–H groups in total. The Balaban J connectivity index is 1.83. The van der Waals surface area contributed by atoms with Gasteiger partial charge in [-0.2, -0.15) is 0 Å². The summed E-state index contributed by atoms with van der Waals surface area (Å²) in [5.41, 5.74) is 6.03. The van der Waals surface area contributed by atoms with Crippen LogP contribution in [0, 0.1) is 0 Å². The smallest absolute Gasteiger partial charge is 0.357 e. The minimum atomic E-state index is -0.396. The molecule has 0 amide bonds. The molecule has 2 rings (SSSR count). The number of hydrogen-bond donors (Lipinski definition) is 1. The Morgan fingerprint density at radius 3 is 3.17 bits per heavy atom. The summed E-state index contributed by atoms with van der Waals surface area (Å²) in [6, 6.07) is -0.154. The lowest BCUT2D eigenvalue weighted by Crippen LogP contribution is -2.26. The minimum absolute atomic E-state index is 0.0363. The molecule has 100 valence electrons. The highest BCUT2D eigenvalue weighted by molar-refractivity contribution is 7.09. The molecule has 5 nitrogen and oxygen atoms in total. The largest absolute Gasteiger partial charge is 0.458 e. The lowest BCUT2D eigenvalue weighted by molar-refractivity contribution is -0.0302. The summed E-state index contributed by atoms with van der Waals surface area (Å²) in [5, 5.41) is 2.43. The zero-order valence-electron chi connectivity index (χ0n) is 10.4. The normalized spacial score (nSPS) is 21.6. The van der Waals surface area contributed by atoms with Gasteiger partial charge in [-0.3, -0.25) is 0 Å². The number of carbonyl (C=O) groups excluding carboxylic acids is 1. The van der Waals surface area contributed by atoms with Crippen molar-refractivity contribution in [1.82, 2.24) is 4.98 Å². The Kier molecular flexibility index (Phi) is 4.68. The zero-order valence-corrected chi connectivity index (χ0v) is 11.2. The van der Waals surface area contributed by atoms with Crippen LogP contribution in [0.25, 0.3) is 0 Å². The third-order valence-corrected chi connectivity index (χ3v) is 3.84. The van der Waals surface area contributed by atoms with Crippen LogP contribution in [-0.4, -0.2) is 30.3 Å². The molecule has 1 aromatic heterocycles. The second-order valence-electron chi connectivity index (χ2n) is 4.45. The lowest BCUT2D eigenvalue weighted by Gasteiger charge is -2.21. The Bertz CT molecular complexity index is 400. The van der Waals surface area contributed by atoms with E-state index in [0.717, 1.165) is 30.9 Å². The summed E-state index contributed by atoms with van der Waals surface area (Å²) in [6.45, 7) is 2.90. The van der Waals surface area contributed by atoms with E-state index < -0.39 is 5.97 Å². The molecule has 1 saturated heterocycles. The molecule has 0 bridgehead atoms. The van der Waals surface area contributed by atoms with Gasteiger partial charge in [0.05, 0.1) is 12.1 Å². The predicted octanol–water partition coefficient (Wildman–Crippen LogP) is 1.89. The van der Waals surface area contributed by atoms with Gasteiger partial charge < -0.3 is 15.2 Å². The molecule has 0 aliphatic carbocycles. The Morgan fingerprint density at radius 1 is 1.72 bits per heavy atom. The quantitative estimate of drug-likeness (QED) is 0.846. The molecular formula is C12H18N2O3S. The van der Waals surface area contributed by atoms with Crippen molar-refractivity contribution in [2.24, 2.45) is 5.73 Å². The second kappa shape index (κ2) is 6.26. The number of ether oxygens (including phenoxy) is 2. The average molecular weight is 270 g/mol. The summed E-state index contributed by atoms with van der Waals surface area (Å²) in [4.78, 5) is 15.9. The highest BCUT2D eigenvalue weighted by Crippen LogP contribution is 2.17.